The molecule has 1 amide bonds. The van der Waals surface area contributed by atoms with Crippen molar-refractivity contribution in [2.24, 2.45) is 0 Å². The van der Waals surface area contributed by atoms with Crippen LogP contribution in [0.2, 0.25) is 0 Å². The highest BCUT2D eigenvalue weighted by atomic mass is 127. The van der Waals surface area contributed by atoms with Crippen LogP contribution >= 0.6 is 22.6 Å². The molecule has 1 N–H and O–H groups in total. The van der Waals surface area contributed by atoms with Crippen LogP contribution in [0.1, 0.15) is 15.9 Å². The number of carbonyl (C=O) groups excluding carboxylic acids is 1. The van der Waals surface area contributed by atoms with Gasteiger partial charge in [0.1, 0.15) is 0 Å². The summed E-state index contributed by atoms with van der Waals surface area (Å²) >= 11 is 2.14. The van der Waals surface area contributed by atoms with Gasteiger partial charge in [-0.3, -0.25) is 4.79 Å². The molecule has 0 saturated carbocycles. The highest BCUT2D eigenvalue weighted by molar-refractivity contribution is 14.1. The van der Waals surface area contributed by atoms with E-state index in [1.807, 2.05) is 13.0 Å². The number of carbonyl (C=O) groups is 1. The third kappa shape index (κ3) is 3.39. The number of hydrogen-bond donors (Lipinski definition) is 1. The number of halogens is 3. The summed E-state index contributed by atoms with van der Waals surface area (Å²) in [5.74, 6) is -0.344. The van der Waals surface area contributed by atoms with Crippen molar-refractivity contribution in [3.63, 3.8) is 0 Å². The van der Waals surface area contributed by atoms with Gasteiger partial charge in [0.25, 0.3) is 5.91 Å². The molecule has 4 nitrogen and oxygen atoms in total. The van der Waals surface area contributed by atoms with E-state index in [1.54, 1.807) is 18.2 Å². The lowest BCUT2D eigenvalue weighted by molar-refractivity contribution is -0.208. The number of ether oxygens (including phenoxy) is 2. The second kappa shape index (κ2) is 5.95. The molecule has 1 aliphatic rings. The molecule has 0 saturated heterocycles. The number of amides is 1. The zero-order valence-corrected chi connectivity index (χ0v) is 14.2. The molecular formula is C16H12F2INO3. The summed E-state index contributed by atoms with van der Waals surface area (Å²) in [5.41, 5.74) is 1.83. The first-order valence-corrected chi connectivity index (χ1v) is 7.84. The second-order valence-electron chi connectivity index (χ2n) is 5.08. The quantitative estimate of drug-likeness (QED) is 0.725. The fraction of sp³-hybridized carbons (Fsp3) is 0.188. The van der Waals surface area contributed by atoms with Crippen LogP contribution in [0.3, 0.4) is 0 Å². The van der Waals surface area contributed by atoms with E-state index in [0.717, 1.165) is 9.13 Å². The summed E-state index contributed by atoms with van der Waals surface area (Å²) in [4.78, 5) is 12.3. The number of fused-ring (bicyclic) bond motifs is 1. The molecule has 0 bridgehead atoms. The molecule has 0 aliphatic carbocycles. The molecule has 1 heterocycles. The third-order valence-corrected chi connectivity index (χ3v) is 4.47. The Morgan fingerprint density at radius 1 is 1.30 bits per heavy atom. The molecular weight excluding hydrogens is 419 g/mol. The average molecular weight is 431 g/mol. The van der Waals surface area contributed by atoms with Crippen LogP contribution in [0.25, 0.3) is 0 Å². The van der Waals surface area contributed by atoms with Crippen molar-refractivity contribution in [2.45, 2.75) is 13.0 Å². The monoisotopic (exact) mass is 431 g/mol. The van der Waals surface area contributed by atoms with Crippen LogP contribution in [0.5, 0.6) is 11.5 Å². The van der Waals surface area contributed by atoms with Gasteiger partial charge in [0, 0.05) is 9.13 Å². The van der Waals surface area contributed by atoms with E-state index in [2.05, 4.69) is 32.6 Å². The molecule has 0 fully saturated rings. The molecule has 0 radical (unpaired) electrons. The standard InChI is InChI=1S/C16H12F2INO3/c1-9-5-6-10(7-11(9)19)15(21)20-12-3-2-4-13-14(12)22-8-16(17,18)23-13/h2-7H,8H2,1H3,(H,20,21). The Morgan fingerprint density at radius 3 is 2.83 bits per heavy atom. The Kier molecular flexibility index (Phi) is 4.13. The molecule has 2 aromatic carbocycles. The molecule has 1 aliphatic heterocycles. The van der Waals surface area contributed by atoms with Crippen LogP contribution in [0.4, 0.5) is 14.5 Å². The van der Waals surface area contributed by atoms with Gasteiger partial charge < -0.3 is 14.8 Å². The lowest BCUT2D eigenvalue weighted by Crippen LogP contribution is -2.36. The highest BCUT2D eigenvalue weighted by Crippen LogP contribution is 2.41. The SMILES string of the molecule is Cc1ccc(C(=O)Nc2cccc3c2OCC(F)(F)O3)cc1I. The van der Waals surface area contributed by atoms with Crippen LogP contribution in [-0.2, 0) is 0 Å². The first kappa shape index (κ1) is 16.0. The summed E-state index contributed by atoms with van der Waals surface area (Å²) in [7, 11) is 0. The number of benzene rings is 2. The maximum absolute atomic E-state index is 13.2. The number of nitrogens with one attached hydrogen (secondary N) is 1. The minimum atomic E-state index is -3.37. The summed E-state index contributed by atoms with van der Waals surface area (Å²) in [6, 6.07) is 9.75. The van der Waals surface area contributed by atoms with Gasteiger partial charge in [-0.05, 0) is 59.3 Å². The largest absolute Gasteiger partial charge is 0.477 e. The van der Waals surface area contributed by atoms with Gasteiger partial charge in [0.15, 0.2) is 18.1 Å². The van der Waals surface area contributed by atoms with Crippen LogP contribution in [-0.4, -0.2) is 18.6 Å². The maximum Gasteiger partial charge on any atom is 0.433 e. The van der Waals surface area contributed by atoms with E-state index in [0.29, 0.717) is 11.3 Å². The number of para-hydroxylation sites is 1. The highest BCUT2D eigenvalue weighted by Gasteiger charge is 2.39. The number of anilines is 1. The van der Waals surface area contributed by atoms with E-state index >= 15 is 0 Å². The number of aryl methyl sites for hydroxylation is 1. The summed E-state index contributed by atoms with van der Waals surface area (Å²) < 4.78 is 37.0. The third-order valence-electron chi connectivity index (χ3n) is 3.30. The molecule has 23 heavy (non-hydrogen) atoms. The minimum Gasteiger partial charge on any atom is -0.477 e. The summed E-state index contributed by atoms with van der Waals surface area (Å²) in [5, 5.41) is 2.67. The molecule has 0 atom stereocenters. The average Bonchev–Trinajstić information content (AvgIpc) is 2.49. The Bertz CT molecular complexity index is 780. The van der Waals surface area contributed by atoms with E-state index in [1.165, 1.54) is 12.1 Å². The van der Waals surface area contributed by atoms with Gasteiger partial charge in [-0.15, -0.1) is 0 Å². The van der Waals surface area contributed by atoms with Gasteiger partial charge in [-0.1, -0.05) is 12.1 Å². The summed E-state index contributed by atoms with van der Waals surface area (Å²) in [6.45, 7) is 1.05. The molecule has 0 spiro atoms. The van der Waals surface area contributed by atoms with E-state index in [4.69, 9.17) is 4.74 Å². The zero-order chi connectivity index (χ0) is 16.6. The molecule has 2 aromatic rings. The number of alkyl halides is 2. The normalized spacial score (nSPS) is 15.1. The van der Waals surface area contributed by atoms with E-state index in [-0.39, 0.29) is 17.4 Å². The second-order valence-corrected chi connectivity index (χ2v) is 6.24. The molecule has 120 valence electrons. The Morgan fingerprint density at radius 2 is 2.09 bits per heavy atom. The first-order chi connectivity index (χ1) is 10.9. The van der Waals surface area contributed by atoms with Gasteiger partial charge in [-0.25, -0.2) is 0 Å². The van der Waals surface area contributed by atoms with E-state index < -0.39 is 12.7 Å². The zero-order valence-electron chi connectivity index (χ0n) is 12.0. The van der Waals surface area contributed by atoms with Crippen LogP contribution in [0, 0.1) is 10.5 Å². The maximum atomic E-state index is 13.2. The Balaban J connectivity index is 1.86. The van der Waals surface area contributed by atoms with Crippen LogP contribution < -0.4 is 14.8 Å². The summed E-state index contributed by atoms with van der Waals surface area (Å²) in [6.07, 6.45) is -3.37. The molecule has 0 unspecified atom stereocenters. The van der Waals surface area contributed by atoms with Crippen LogP contribution in [0.15, 0.2) is 36.4 Å². The number of hydrogen-bond acceptors (Lipinski definition) is 3. The van der Waals surface area contributed by atoms with Crippen molar-refractivity contribution >= 4 is 34.2 Å². The van der Waals surface area contributed by atoms with Gasteiger partial charge in [0.05, 0.1) is 5.69 Å². The molecule has 3 rings (SSSR count). The minimum absolute atomic E-state index is 0.0995. The first-order valence-electron chi connectivity index (χ1n) is 6.76. The molecule has 7 heteroatoms. The van der Waals surface area contributed by atoms with Crippen molar-refractivity contribution in [1.29, 1.82) is 0 Å². The number of rotatable bonds is 2. The van der Waals surface area contributed by atoms with E-state index in [9.17, 15) is 13.6 Å². The lowest BCUT2D eigenvalue weighted by Gasteiger charge is -2.27. The predicted octanol–water partition coefficient (Wildman–Crippen LogP) is 4.22. The fourth-order valence-corrected chi connectivity index (χ4v) is 2.63. The predicted molar refractivity (Wildman–Crippen MR) is 89.4 cm³/mol. The lowest BCUT2D eigenvalue weighted by atomic mass is 10.1. The van der Waals surface area contributed by atoms with Gasteiger partial charge >= 0.3 is 6.11 Å². The van der Waals surface area contributed by atoms with Crippen molar-refractivity contribution < 1.29 is 23.0 Å². The van der Waals surface area contributed by atoms with Gasteiger partial charge in [0.2, 0.25) is 0 Å². The van der Waals surface area contributed by atoms with Crippen molar-refractivity contribution in [3.8, 4) is 11.5 Å². The smallest absolute Gasteiger partial charge is 0.433 e. The topological polar surface area (TPSA) is 47.6 Å². The van der Waals surface area contributed by atoms with Crippen molar-refractivity contribution in [1.82, 2.24) is 0 Å². The Labute approximate surface area is 144 Å². The van der Waals surface area contributed by atoms with Crippen molar-refractivity contribution in [2.75, 3.05) is 11.9 Å². The fourth-order valence-electron chi connectivity index (χ4n) is 2.12. The molecule has 0 aromatic heterocycles. The Hall–Kier alpha value is -1.90. The van der Waals surface area contributed by atoms with Crippen molar-refractivity contribution in [3.05, 3.63) is 51.1 Å². The van der Waals surface area contributed by atoms with Gasteiger partial charge in [-0.2, -0.15) is 8.78 Å².